The molecule has 17 heteroatoms. The van der Waals surface area contributed by atoms with E-state index in [0.29, 0.717) is 19.4 Å². The van der Waals surface area contributed by atoms with Gasteiger partial charge in [-0.05, 0) is 78.8 Å². The summed E-state index contributed by atoms with van der Waals surface area (Å²) in [6.45, 7) is -2.35. The molecule has 46 heavy (non-hydrogen) atoms. The van der Waals surface area contributed by atoms with Crippen LogP contribution in [0.25, 0.3) is 0 Å². The van der Waals surface area contributed by atoms with E-state index in [1.54, 1.807) is 29.6 Å². The van der Waals surface area contributed by atoms with E-state index in [1.165, 1.54) is 0 Å². The number of carbonyl (C=O) groups excluding carboxylic acids is 2. The van der Waals surface area contributed by atoms with E-state index in [1.807, 2.05) is 5.32 Å². The second kappa shape index (κ2) is 16.9. The van der Waals surface area contributed by atoms with Crippen LogP contribution in [-0.2, 0) is 22.5 Å². The number of rotatable bonds is 15. The zero-order valence-electron chi connectivity index (χ0n) is 24.7. The van der Waals surface area contributed by atoms with Crippen molar-refractivity contribution < 1.29 is 50.2 Å². The average Bonchev–Trinajstić information content (AvgIpc) is 2.96. The predicted octanol–water partition coefficient (Wildman–Crippen LogP) is 4.75. The van der Waals surface area contributed by atoms with Crippen LogP contribution in [0, 0.1) is 26.0 Å². The number of carbonyl (C=O) groups is 2. The number of alkyl carbamates (subject to hydrolysis) is 1. The maximum atomic E-state index is 14.7. The van der Waals surface area contributed by atoms with Crippen LogP contribution in [0.15, 0.2) is 48.7 Å². The molecular weight excluding hydrogens is 742 g/mol. The molecular formula is C29H33F7IN5O4. The molecule has 0 aromatic heterocycles. The number of benzene rings is 2. The summed E-state index contributed by atoms with van der Waals surface area (Å²) < 4.78 is 101. The number of methoxy groups -OCH3 is 1. The van der Waals surface area contributed by atoms with Crippen molar-refractivity contribution in [1.29, 1.82) is 5.41 Å². The number of amides is 2. The van der Waals surface area contributed by atoms with Gasteiger partial charge >= 0.3 is 18.8 Å². The number of hydrogen-bond donors (Lipinski definition) is 6. The highest BCUT2D eigenvalue weighted by Crippen LogP contribution is 2.40. The molecule has 0 saturated heterocycles. The van der Waals surface area contributed by atoms with Crippen molar-refractivity contribution in [1.82, 2.24) is 21.3 Å². The number of alkyl halides is 5. The summed E-state index contributed by atoms with van der Waals surface area (Å²) in [4.78, 5) is 25.1. The van der Waals surface area contributed by atoms with Gasteiger partial charge in [0.25, 0.3) is 0 Å². The lowest BCUT2D eigenvalue weighted by molar-refractivity contribution is -0.220. The number of ether oxygens (including phenoxy) is 1. The Morgan fingerprint density at radius 2 is 1.65 bits per heavy atom. The van der Waals surface area contributed by atoms with Crippen LogP contribution in [0.4, 0.5) is 35.5 Å². The van der Waals surface area contributed by atoms with E-state index < -0.39 is 84.3 Å². The van der Waals surface area contributed by atoms with E-state index in [9.17, 15) is 45.4 Å². The Morgan fingerprint density at radius 1 is 1.07 bits per heavy atom. The molecule has 0 aliphatic carbocycles. The number of aliphatic hydroxyl groups excluding tert-OH is 1. The third kappa shape index (κ3) is 11.1. The monoisotopic (exact) mass is 775 g/mol. The Labute approximate surface area is 274 Å². The van der Waals surface area contributed by atoms with E-state index in [2.05, 4.69) is 38.0 Å². The normalized spacial score (nSPS) is 14.1. The van der Waals surface area contributed by atoms with Crippen molar-refractivity contribution >= 4 is 40.3 Å². The molecule has 0 bridgehead atoms. The Balaban J connectivity index is 2.25. The number of aliphatic hydroxyl groups is 1. The fourth-order valence-electron chi connectivity index (χ4n) is 4.05. The second-order valence-electron chi connectivity index (χ2n) is 10.6. The standard InChI is InChI=1S/C29H33F7IN5O4/c1-28(2,29(34,35)36)24(42-27(45)46-3)25(44)41-22(10-15-4-6-17(37)7-5-15)23(43)14-39-13-18-19(30)11-16(12-20(18)31)21(38)8-9-40-26(32)33/h4-9,11-12,22-24,26,38-40,43H,10,13-14H2,1-3H3,(H,41,44)(H,42,45)/b9-8-,38-21?/t22-,23-,24+/m0/s1. The molecule has 0 heterocycles. The van der Waals surface area contributed by atoms with Gasteiger partial charge in [0, 0.05) is 34.0 Å². The first-order valence-electron chi connectivity index (χ1n) is 13.5. The summed E-state index contributed by atoms with van der Waals surface area (Å²) >= 11 is 2.05. The molecule has 0 aliphatic rings. The van der Waals surface area contributed by atoms with Crippen molar-refractivity contribution in [2.75, 3.05) is 13.7 Å². The zero-order valence-corrected chi connectivity index (χ0v) is 26.9. The van der Waals surface area contributed by atoms with Gasteiger partial charge in [-0.2, -0.15) is 22.0 Å². The first-order chi connectivity index (χ1) is 21.4. The molecule has 0 unspecified atom stereocenters. The van der Waals surface area contributed by atoms with Gasteiger partial charge in [0.05, 0.1) is 30.4 Å². The third-order valence-electron chi connectivity index (χ3n) is 6.90. The molecule has 2 aromatic rings. The van der Waals surface area contributed by atoms with E-state index >= 15 is 0 Å². The topological polar surface area (TPSA) is 136 Å². The molecule has 9 nitrogen and oxygen atoms in total. The summed E-state index contributed by atoms with van der Waals surface area (Å²) in [6, 6.07) is 5.05. The molecule has 2 amide bonds. The quantitative estimate of drug-likeness (QED) is 0.0670. The highest BCUT2D eigenvalue weighted by Gasteiger charge is 2.56. The highest BCUT2D eigenvalue weighted by atomic mass is 127. The van der Waals surface area contributed by atoms with Crippen molar-refractivity contribution in [3.8, 4) is 0 Å². The molecule has 0 saturated carbocycles. The fourth-order valence-corrected chi connectivity index (χ4v) is 4.41. The van der Waals surface area contributed by atoms with Gasteiger partial charge < -0.3 is 36.5 Å². The van der Waals surface area contributed by atoms with Gasteiger partial charge in [-0.25, -0.2) is 13.6 Å². The summed E-state index contributed by atoms with van der Waals surface area (Å²) in [5.41, 5.74) is -3.35. The summed E-state index contributed by atoms with van der Waals surface area (Å²) in [5, 5.41) is 27.3. The number of nitrogens with one attached hydrogen (secondary N) is 5. The fraction of sp³-hybridized carbons (Fsp3) is 0.414. The Morgan fingerprint density at radius 3 is 2.17 bits per heavy atom. The number of halogens is 8. The number of hydrogen-bond acceptors (Lipinski definition) is 7. The van der Waals surface area contributed by atoms with Crippen LogP contribution in [0.2, 0.25) is 0 Å². The van der Waals surface area contributed by atoms with Crippen molar-refractivity contribution in [3.05, 3.63) is 80.6 Å². The minimum absolute atomic E-state index is 0.0731. The SMILES string of the molecule is COC(=O)N[C@H](C(=O)N[C@@H](Cc1ccc(I)cc1)[C@@H](O)CNCc1c(F)cc(C(=N)/C=C\NC(F)F)cc1F)C(C)(C)C(F)(F)F. The smallest absolute Gasteiger partial charge is 0.407 e. The van der Waals surface area contributed by atoms with Gasteiger partial charge in [0.2, 0.25) is 5.91 Å². The first-order valence-corrected chi connectivity index (χ1v) is 14.6. The zero-order chi connectivity index (χ0) is 34.8. The molecule has 2 aromatic carbocycles. The van der Waals surface area contributed by atoms with E-state index in [4.69, 9.17) is 5.41 Å². The molecule has 0 radical (unpaired) electrons. The maximum Gasteiger partial charge on any atom is 0.407 e. The predicted molar refractivity (Wildman–Crippen MR) is 163 cm³/mol. The minimum Gasteiger partial charge on any atom is -0.453 e. The second-order valence-corrected chi connectivity index (χ2v) is 11.8. The van der Waals surface area contributed by atoms with Crippen LogP contribution in [0.5, 0.6) is 0 Å². The Hall–Kier alpha value is -3.45. The van der Waals surface area contributed by atoms with Gasteiger partial charge in [-0.15, -0.1) is 0 Å². The van der Waals surface area contributed by atoms with Crippen LogP contribution in [0.1, 0.15) is 30.5 Å². The van der Waals surface area contributed by atoms with Crippen molar-refractivity contribution in [2.45, 2.75) is 57.7 Å². The summed E-state index contributed by atoms with van der Waals surface area (Å²) in [7, 11) is 0.911. The van der Waals surface area contributed by atoms with Gasteiger partial charge in [-0.3, -0.25) is 4.79 Å². The lowest BCUT2D eigenvalue weighted by Gasteiger charge is -2.36. The maximum absolute atomic E-state index is 14.7. The lowest BCUT2D eigenvalue weighted by Crippen LogP contribution is -2.62. The van der Waals surface area contributed by atoms with Crippen LogP contribution in [-0.4, -0.2) is 67.4 Å². The van der Waals surface area contributed by atoms with Crippen LogP contribution < -0.4 is 21.3 Å². The summed E-state index contributed by atoms with van der Waals surface area (Å²) in [6.07, 6.45) is -6.18. The van der Waals surface area contributed by atoms with Crippen LogP contribution in [0.3, 0.4) is 0 Å². The van der Waals surface area contributed by atoms with E-state index in [-0.39, 0.29) is 12.0 Å². The molecule has 254 valence electrons. The lowest BCUT2D eigenvalue weighted by atomic mass is 9.82. The molecule has 0 fully saturated rings. The highest BCUT2D eigenvalue weighted by molar-refractivity contribution is 14.1. The van der Waals surface area contributed by atoms with Gasteiger partial charge in [0.15, 0.2) is 0 Å². The molecule has 6 N–H and O–H groups in total. The average molecular weight is 776 g/mol. The molecule has 0 aliphatic heterocycles. The number of allylic oxidation sites excluding steroid dienone is 1. The summed E-state index contributed by atoms with van der Waals surface area (Å²) in [5.74, 6) is -3.42. The minimum atomic E-state index is -4.94. The van der Waals surface area contributed by atoms with Crippen molar-refractivity contribution in [2.24, 2.45) is 5.41 Å². The first kappa shape index (κ1) is 38.7. The molecule has 0 spiro atoms. The van der Waals surface area contributed by atoms with E-state index in [0.717, 1.165) is 35.1 Å². The largest absolute Gasteiger partial charge is 0.453 e. The van der Waals surface area contributed by atoms with Crippen LogP contribution >= 0.6 is 22.6 Å². The Bertz CT molecular complexity index is 1370. The Kier molecular flexibility index (Phi) is 14.2. The third-order valence-corrected chi connectivity index (χ3v) is 7.62. The molecule has 3 atom stereocenters. The van der Waals surface area contributed by atoms with Gasteiger partial charge in [-0.1, -0.05) is 12.1 Å². The molecule has 2 rings (SSSR count). The van der Waals surface area contributed by atoms with Gasteiger partial charge in [0.1, 0.15) is 17.7 Å². The van der Waals surface area contributed by atoms with Crippen molar-refractivity contribution in [3.63, 3.8) is 0 Å².